The van der Waals surface area contributed by atoms with Crippen molar-refractivity contribution in [2.24, 2.45) is 0 Å². The van der Waals surface area contributed by atoms with Crippen molar-refractivity contribution in [1.82, 2.24) is 0 Å². The van der Waals surface area contributed by atoms with Crippen molar-refractivity contribution in [2.75, 3.05) is 13.2 Å². The first kappa shape index (κ1) is 28.6. The Morgan fingerprint density at radius 3 is 1.52 bits per heavy atom. The van der Waals surface area contributed by atoms with Crippen molar-refractivity contribution < 1.29 is 34.8 Å². The third kappa shape index (κ3) is 39.5. The van der Waals surface area contributed by atoms with Crippen LogP contribution in [0, 0.1) is 0 Å². The molecule has 0 heterocycles. The summed E-state index contributed by atoms with van der Waals surface area (Å²) in [6, 6.07) is 0. The fourth-order valence-electron chi connectivity index (χ4n) is 1.41. The Bertz CT molecular complexity index is 273. The number of aliphatic hydroxyl groups is 2. The van der Waals surface area contributed by atoms with Crippen LogP contribution in [-0.2, 0) is 14.3 Å². The highest BCUT2D eigenvalue weighted by Crippen LogP contribution is 1.97. The molecular weight excluding hydrogens is 328 g/mol. The summed E-state index contributed by atoms with van der Waals surface area (Å²) in [5, 5.41) is 33.4. The van der Waals surface area contributed by atoms with E-state index in [-0.39, 0.29) is 12.7 Å². The molecule has 0 rings (SSSR count). The quantitative estimate of drug-likeness (QED) is 0.391. The van der Waals surface area contributed by atoms with Crippen molar-refractivity contribution in [1.29, 1.82) is 0 Å². The average Bonchev–Trinajstić information content (AvgIpc) is 2.53. The molecule has 152 valence electrons. The highest BCUT2D eigenvalue weighted by Gasteiger charge is 2.00. The van der Waals surface area contributed by atoms with Crippen LogP contribution >= 0.6 is 0 Å². The zero-order valence-electron chi connectivity index (χ0n) is 16.2. The Labute approximate surface area is 152 Å². The number of ether oxygens (including phenoxy) is 1. The van der Waals surface area contributed by atoms with Gasteiger partial charge >= 0.3 is 11.9 Å². The van der Waals surface area contributed by atoms with E-state index in [2.05, 4.69) is 13.8 Å². The normalized spacial score (nSPS) is 12.1. The van der Waals surface area contributed by atoms with E-state index >= 15 is 0 Å². The first-order chi connectivity index (χ1) is 11.7. The molecule has 7 nitrogen and oxygen atoms in total. The fraction of sp³-hybridized carbons (Fsp3) is 0.889. The number of aliphatic hydroxyl groups excluding tert-OH is 2. The van der Waals surface area contributed by atoms with Gasteiger partial charge in [0.05, 0.1) is 25.4 Å². The second-order valence-electron chi connectivity index (χ2n) is 5.88. The summed E-state index contributed by atoms with van der Waals surface area (Å²) in [6.45, 7) is 7.81. The summed E-state index contributed by atoms with van der Waals surface area (Å²) >= 11 is 0. The third-order valence-electron chi connectivity index (χ3n) is 2.87. The topological polar surface area (TPSA) is 124 Å². The molecule has 0 fully saturated rings. The molecule has 25 heavy (non-hydrogen) atoms. The van der Waals surface area contributed by atoms with Crippen LogP contribution in [0.5, 0.6) is 0 Å². The van der Waals surface area contributed by atoms with Crippen molar-refractivity contribution >= 4 is 11.9 Å². The zero-order chi connectivity index (χ0) is 20.1. The van der Waals surface area contributed by atoms with Crippen LogP contribution in [0.25, 0.3) is 0 Å². The van der Waals surface area contributed by atoms with Gasteiger partial charge in [0.2, 0.25) is 0 Å². The Kier molecular flexibility index (Phi) is 26.1. The highest BCUT2D eigenvalue weighted by molar-refractivity contribution is 5.66. The molecule has 4 N–H and O–H groups in total. The van der Waals surface area contributed by atoms with Crippen LogP contribution < -0.4 is 0 Å². The number of carboxylic acids is 2. The van der Waals surface area contributed by atoms with Gasteiger partial charge in [-0.2, -0.15) is 0 Å². The summed E-state index contributed by atoms with van der Waals surface area (Å²) in [7, 11) is 0. The van der Waals surface area contributed by atoms with Gasteiger partial charge in [0, 0.05) is 12.8 Å². The van der Waals surface area contributed by atoms with Crippen LogP contribution in [0.2, 0.25) is 0 Å². The lowest BCUT2D eigenvalue weighted by Crippen LogP contribution is -2.19. The Morgan fingerprint density at radius 1 is 0.880 bits per heavy atom. The monoisotopic (exact) mass is 366 g/mol. The van der Waals surface area contributed by atoms with E-state index in [0.29, 0.717) is 19.4 Å². The van der Waals surface area contributed by atoms with Crippen molar-refractivity contribution in [2.45, 2.75) is 91.3 Å². The summed E-state index contributed by atoms with van der Waals surface area (Å²) in [6.07, 6.45) is 5.94. The largest absolute Gasteiger partial charge is 0.481 e. The van der Waals surface area contributed by atoms with E-state index < -0.39 is 18.0 Å². The number of rotatable bonds is 12. The smallest absolute Gasteiger partial charge is 0.303 e. The predicted molar refractivity (Wildman–Crippen MR) is 97.7 cm³/mol. The predicted octanol–water partition coefficient (Wildman–Crippen LogP) is 3.07. The maximum absolute atomic E-state index is 9.87. The maximum atomic E-state index is 9.87. The first-order valence-corrected chi connectivity index (χ1v) is 9.05. The molecule has 7 heteroatoms. The Morgan fingerprint density at radius 2 is 1.28 bits per heavy atom. The van der Waals surface area contributed by atoms with E-state index in [1.165, 1.54) is 0 Å². The van der Waals surface area contributed by atoms with E-state index in [4.69, 9.17) is 25.2 Å². The zero-order valence-corrected chi connectivity index (χ0v) is 16.2. The molecule has 2 atom stereocenters. The van der Waals surface area contributed by atoms with Gasteiger partial charge in [0.25, 0.3) is 0 Å². The number of hydrogen-bond donors (Lipinski definition) is 4. The van der Waals surface area contributed by atoms with Gasteiger partial charge in [-0.05, 0) is 26.7 Å². The maximum Gasteiger partial charge on any atom is 0.303 e. The molecule has 0 aromatic carbocycles. The molecule has 0 spiro atoms. The SMILES string of the molecule is CC(O)COC(C)CO.CCCCCC(=O)O.CCCCCC(=O)O. The van der Waals surface area contributed by atoms with E-state index in [1.807, 2.05) is 0 Å². The molecule has 0 radical (unpaired) electrons. The summed E-state index contributed by atoms with van der Waals surface area (Å²) in [5.41, 5.74) is 0. The molecular formula is C18H38O7. The summed E-state index contributed by atoms with van der Waals surface area (Å²) in [5.74, 6) is -1.36. The number of carboxylic acid groups (broad SMARTS) is 2. The number of hydrogen-bond acceptors (Lipinski definition) is 5. The van der Waals surface area contributed by atoms with Crippen LogP contribution in [-0.4, -0.2) is 57.8 Å². The molecule has 0 aromatic heterocycles. The number of carbonyl (C=O) groups is 2. The van der Waals surface area contributed by atoms with Crippen molar-refractivity contribution in [3.63, 3.8) is 0 Å². The minimum Gasteiger partial charge on any atom is -0.481 e. The van der Waals surface area contributed by atoms with Crippen LogP contribution in [0.15, 0.2) is 0 Å². The second-order valence-corrected chi connectivity index (χ2v) is 5.88. The standard InChI is InChI=1S/C6H14O3.2C6H12O2/c1-5(8)4-9-6(2)3-7;2*1-2-3-4-5-6(7)8/h5-8H,3-4H2,1-2H3;2*2-5H2,1H3,(H,7,8). The minimum atomic E-state index is -0.682. The Balaban J connectivity index is -0.000000291. The van der Waals surface area contributed by atoms with Gasteiger partial charge < -0.3 is 25.2 Å². The van der Waals surface area contributed by atoms with Gasteiger partial charge in [0.15, 0.2) is 0 Å². The second kappa shape index (κ2) is 22.8. The van der Waals surface area contributed by atoms with Gasteiger partial charge in [0.1, 0.15) is 0 Å². The lowest BCUT2D eigenvalue weighted by Gasteiger charge is -2.10. The lowest BCUT2D eigenvalue weighted by atomic mass is 10.2. The molecule has 0 aliphatic heterocycles. The van der Waals surface area contributed by atoms with Gasteiger partial charge in [-0.15, -0.1) is 0 Å². The Hall–Kier alpha value is -1.18. The number of unbranched alkanes of at least 4 members (excludes halogenated alkanes) is 4. The summed E-state index contributed by atoms with van der Waals surface area (Å²) in [4.78, 5) is 19.7. The molecule has 2 unspecified atom stereocenters. The fourth-order valence-corrected chi connectivity index (χ4v) is 1.41. The van der Waals surface area contributed by atoms with Crippen LogP contribution in [0.3, 0.4) is 0 Å². The molecule has 0 amide bonds. The van der Waals surface area contributed by atoms with Crippen molar-refractivity contribution in [3.8, 4) is 0 Å². The lowest BCUT2D eigenvalue weighted by molar-refractivity contribution is -0.138. The molecule has 0 aliphatic carbocycles. The molecule has 0 aliphatic rings. The minimum absolute atomic E-state index is 0.00667. The summed E-state index contributed by atoms with van der Waals surface area (Å²) < 4.78 is 4.95. The molecule has 0 saturated carbocycles. The van der Waals surface area contributed by atoms with E-state index in [9.17, 15) is 9.59 Å². The molecule has 0 saturated heterocycles. The number of aliphatic carboxylic acids is 2. The van der Waals surface area contributed by atoms with E-state index in [0.717, 1.165) is 38.5 Å². The van der Waals surface area contributed by atoms with E-state index in [1.54, 1.807) is 13.8 Å². The van der Waals surface area contributed by atoms with Crippen LogP contribution in [0.4, 0.5) is 0 Å². The third-order valence-corrected chi connectivity index (χ3v) is 2.87. The molecule has 0 aromatic rings. The van der Waals surface area contributed by atoms with Gasteiger partial charge in [-0.1, -0.05) is 39.5 Å². The highest BCUT2D eigenvalue weighted by atomic mass is 16.5. The van der Waals surface area contributed by atoms with Crippen molar-refractivity contribution in [3.05, 3.63) is 0 Å². The van der Waals surface area contributed by atoms with Crippen LogP contribution in [0.1, 0.15) is 79.1 Å². The molecule has 0 bridgehead atoms. The average molecular weight is 366 g/mol. The van der Waals surface area contributed by atoms with Gasteiger partial charge in [-0.25, -0.2) is 0 Å². The van der Waals surface area contributed by atoms with Gasteiger partial charge in [-0.3, -0.25) is 9.59 Å². The first-order valence-electron chi connectivity index (χ1n) is 9.05.